The first-order valence-electron chi connectivity index (χ1n) is 9.37. The molecule has 0 radical (unpaired) electrons. The van der Waals surface area contributed by atoms with E-state index in [2.05, 4.69) is 22.1 Å². The van der Waals surface area contributed by atoms with Gasteiger partial charge in [-0.05, 0) is 69.5 Å². The molecule has 3 heterocycles. The molecule has 1 N–H and O–H groups in total. The first-order chi connectivity index (χ1) is 13.2. The summed E-state index contributed by atoms with van der Waals surface area (Å²) in [6, 6.07) is 6.10. The topological polar surface area (TPSA) is 49.2 Å². The van der Waals surface area contributed by atoms with Crippen molar-refractivity contribution in [3.8, 4) is 17.0 Å². The molecular formula is C20H22F3N3OS. The van der Waals surface area contributed by atoms with Crippen molar-refractivity contribution in [3.05, 3.63) is 35.4 Å². The van der Waals surface area contributed by atoms with Crippen LogP contribution in [0, 0.1) is 6.92 Å². The number of benzene rings is 1. The van der Waals surface area contributed by atoms with Crippen LogP contribution < -0.4 is 0 Å². The molecule has 0 spiro atoms. The summed E-state index contributed by atoms with van der Waals surface area (Å²) in [6.07, 6.45) is 0.336. The van der Waals surface area contributed by atoms with E-state index >= 15 is 0 Å². The molecule has 2 aliphatic heterocycles. The maximum Gasteiger partial charge on any atom is 0.416 e. The van der Waals surface area contributed by atoms with Crippen molar-refractivity contribution in [2.45, 2.75) is 61.1 Å². The van der Waals surface area contributed by atoms with Crippen molar-refractivity contribution in [1.29, 1.82) is 0 Å². The second-order valence-electron chi connectivity index (χ2n) is 7.64. The predicted octanol–water partition coefficient (Wildman–Crippen LogP) is 4.89. The number of rotatable bonds is 3. The highest BCUT2D eigenvalue weighted by atomic mass is 32.2. The minimum absolute atomic E-state index is 0.255. The van der Waals surface area contributed by atoms with Crippen LogP contribution >= 0.6 is 11.8 Å². The maximum absolute atomic E-state index is 12.8. The van der Waals surface area contributed by atoms with Crippen LogP contribution in [0.5, 0.6) is 5.75 Å². The second-order valence-corrected chi connectivity index (χ2v) is 8.90. The van der Waals surface area contributed by atoms with Gasteiger partial charge in [-0.2, -0.15) is 13.2 Å². The molecule has 2 aliphatic rings. The number of hydrogen-bond acceptors (Lipinski definition) is 5. The summed E-state index contributed by atoms with van der Waals surface area (Å²) in [7, 11) is 2.20. The van der Waals surface area contributed by atoms with Gasteiger partial charge in [0, 0.05) is 22.9 Å². The summed E-state index contributed by atoms with van der Waals surface area (Å²) in [4.78, 5) is 2.48. The number of hydrogen-bond donors (Lipinski definition) is 1. The van der Waals surface area contributed by atoms with E-state index in [-0.39, 0.29) is 5.56 Å². The summed E-state index contributed by atoms with van der Waals surface area (Å²) >= 11 is 1.73. The third-order valence-electron chi connectivity index (χ3n) is 5.92. The number of piperidine rings is 1. The van der Waals surface area contributed by atoms with Crippen molar-refractivity contribution in [1.82, 2.24) is 15.1 Å². The van der Waals surface area contributed by atoms with Crippen LogP contribution in [0.4, 0.5) is 13.2 Å². The lowest BCUT2D eigenvalue weighted by atomic mass is 10.0. The number of aryl methyl sites for hydroxylation is 1. The molecule has 2 fully saturated rings. The molecule has 150 valence electrons. The molecule has 0 amide bonds. The van der Waals surface area contributed by atoms with Crippen molar-refractivity contribution in [2.24, 2.45) is 0 Å². The molecule has 1 aromatic carbocycles. The fraction of sp³-hybridized carbons (Fsp3) is 0.500. The first-order valence-corrected chi connectivity index (χ1v) is 10.3. The Bertz CT molecular complexity index is 889. The Kier molecular flexibility index (Phi) is 5.03. The van der Waals surface area contributed by atoms with Crippen molar-refractivity contribution >= 4 is 11.8 Å². The van der Waals surface area contributed by atoms with E-state index < -0.39 is 17.5 Å². The third kappa shape index (κ3) is 3.59. The van der Waals surface area contributed by atoms with Crippen LogP contribution in [-0.4, -0.2) is 44.6 Å². The van der Waals surface area contributed by atoms with Gasteiger partial charge in [-0.1, -0.05) is 11.8 Å². The normalized spacial score (nSPS) is 25.2. The van der Waals surface area contributed by atoms with E-state index in [1.165, 1.54) is 25.3 Å². The molecule has 8 heteroatoms. The van der Waals surface area contributed by atoms with Gasteiger partial charge in [0.2, 0.25) is 0 Å². The van der Waals surface area contributed by atoms with E-state index in [1.54, 1.807) is 11.8 Å². The van der Waals surface area contributed by atoms with E-state index in [0.717, 1.165) is 29.1 Å². The van der Waals surface area contributed by atoms with Crippen molar-refractivity contribution in [2.75, 3.05) is 7.05 Å². The van der Waals surface area contributed by atoms with Gasteiger partial charge >= 0.3 is 6.18 Å². The zero-order chi connectivity index (χ0) is 20.1. The Morgan fingerprint density at radius 2 is 1.86 bits per heavy atom. The summed E-state index contributed by atoms with van der Waals surface area (Å²) in [5.74, 6) is -0.446. The van der Waals surface area contributed by atoms with E-state index in [0.29, 0.717) is 23.0 Å². The average molecular weight is 409 g/mol. The molecule has 2 bridgehead atoms. The highest BCUT2D eigenvalue weighted by Gasteiger charge is 2.40. The standard InChI is InChI=1S/C20H22F3N3OS/c1-11-9-18(28-17-8-5-13-4-7-15(17)26(13)2)24-25-19(11)14-6-3-12(10-16(14)27)20(21,22)23/h3,6,9-10,13,15,17,27H,4-5,7-8H2,1-2H3/t13-,15+,17+/m1/s1. The minimum Gasteiger partial charge on any atom is -0.507 e. The molecule has 0 aliphatic carbocycles. The van der Waals surface area contributed by atoms with Crippen LogP contribution in [0.3, 0.4) is 0 Å². The summed E-state index contributed by atoms with van der Waals surface area (Å²) < 4.78 is 38.4. The lowest BCUT2D eigenvalue weighted by molar-refractivity contribution is -0.137. The number of alkyl halides is 3. The molecule has 4 nitrogen and oxygen atoms in total. The van der Waals surface area contributed by atoms with Gasteiger partial charge in [-0.25, -0.2) is 0 Å². The number of aromatic nitrogens is 2. The smallest absolute Gasteiger partial charge is 0.416 e. The van der Waals surface area contributed by atoms with Gasteiger partial charge in [0.05, 0.1) is 11.3 Å². The van der Waals surface area contributed by atoms with Gasteiger partial charge in [0.25, 0.3) is 0 Å². The molecule has 3 atom stereocenters. The number of halogens is 3. The van der Waals surface area contributed by atoms with Gasteiger partial charge in [0.15, 0.2) is 0 Å². The molecule has 28 heavy (non-hydrogen) atoms. The quantitative estimate of drug-likeness (QED) is 0.782. The number of phenolic OH excluding ortho intramolecular Hbond substituents is 1. The minimum atomic E-state index is -4.50. The van der Waals surface area contributed by atoms with Gasteiger partial charge in [-0.3, -0.25) is 4.90 Å². The zero-order valence-corrected chi connectivity index (χ0v) is 16.5. The molecule has 0 unspecified atom stereocenters. The Morgan fingerprint density at radius 1 is 1.11 bits per heavy atom. The van der Waals surface area contributed by atoms with Crippen LogP contribution in [0.15, 0.2) is 29.3 Å². The molecule has 1 aromatic heterocycles. The monoisotopic (exact) mass is 409 g/mol. The molecule has 2 aromatic rings. The van der Waals surface area contributed by atoms with E-state index in [4.69, 9.17) is 0 Å². The molecule has 4 rings (SSSR count). The highest BCUT2D eigenvalue weighted by molar-refractivity contribution is 7.99. The number of fused-ring (bicyclic) bond motifs is 2. The fourth-order valence-corrected chi connectivity index (χ4v) is 5.75. The van der Waals surface area contributed by atoms with Crippen LogP contribution in [0.2, 0.25) is 0 Å². The second kappa shape index (κ2) is 7.22. The summed E-state index contributed by atoms with van der Waals surface area (Å²) in [5.41, 5.74) is 0.548. The zero-order valence-electron chi connectivity index (χ0n) is 15.7. The van der Waals surface area contributed by atoms with Gasteiger partial charge in [-0.15, -0.1) is 10.2 Å². The SMILES string of the molecule is Cc1cc(S[C@H]2CC[C@H]3CC[C@@H]2N3C)nnc1-c1ccc(C(F)(F)F)cc1O. The van der Waals surface area contributed by atoms with Crippen LogP contribution in [0.1, 0.15) is 36.8 Å². The molecule has 2 saturated heterocycles. The number of phenols is 1. The van der Waals surface area contributed by atoms with Crippen molar-refractivity contribution < 1.29 is 18.3 Å². The number of nitrogens with zero attached hydrogens (tertiary/aromatic N) is 3. The lowest BCUT2D eigenvalue weighted by Gasteiger charge is -2.36. The number of aromatic hydroxyl groups is 1. The largest absolute Gasteiger partial charge is 0.507 e. The van der Waals surface area contributed by atoms with Crippen molar-refractivity contribution in [3.63, 3.8) is 0 Å². The highest BCUT2D eigenvalue weighted by Crippen LogP contribution is 2.42. The van der Waals surface area contributed by atoms with E-state index in [9.17, 15) is 18.3 Å². The maximum atomic E-state index is 12.8. The van der Waals surface area contributed by atoms with Crippen LogP contribution in [-0.2, 0) is 6.18 Å². The Labute approximate surface area is 166 Å². The fourth-order valence-electron chi connectivity index (χ4n) is 4.37. The predicted molar refractivity (Wildman–Crippen MR) is 102 cm³/mol. The first kappa shape index (κ1) is 19.5. The number of thioether (sulfide) groups is 1. The molecule has 0 saturated carbocycles. The summed E-state index contributed by atoms with van der Waals surface area (Å²) in [6.45, 7) is 1.84. The Morgan fingerprint density at radius 3 is 2.54 bits per heavy atom. The van der Waals surface area contributed by atoms with Gasteiger partial charge < -0.3 is 5.11 Å². The molecular weight excluding hydrogens is 387 g/mol. The Hall–Kier alpha value is -1.80. The third-order valence-corrected chi connectivity index (χ3v) is 7.22. The van der Waals surface area contributed by atoms with Gasteiger partial charge in [0.1, 0.15) is 10.8 Å². The van der Waals surface area contributed by atoms with Crippen LogP contribution in [0.25, 0.3) is 11.3 Å². The Balaban J connectivity index is 1.55. The summed E-state index contributed by atoms with van der Waals surface area (Å²) in [5, 5.41) is 19.9. The lowest BCUT2D eigenvalue weighted by Crippen LogP contribution is -2.43. The average Bonchev–Trinajstić information content (AvgIpc) is 2.85. The van der Waals surface area contributed by atoms with E-state index in [1.807, 2.05) is 13.0 Å².